The van der Waals surface area contributed by atoms with Crippen LogP contribution in [0.4, 0.5) is 0 Å². The van der Waals surface area contributed by atoms with E-state index in [-0.39, 0.29) is 11.3 Å². The molecule has 1 saturated carbocycles. The molecule has 1 aliphatic rings. The molecule has 1 rings (SSSR count). The zero-order chi connectivity index (χ0) is 7.78. The Balaban J connectivity index is 2.58. The minimum atomic E-state index is -0.142. The van der Waals surface area contributed by atoms with Gasteiger partial charge in [0.1, 0.15) is 0 Å². The number of amides is 1. The number of rotatable bonds is 2. The van der Waals surface area contributed by atoms with Crippen LogP contribution >= 0.6 is 0 Å². The molecular formula is C8H13NO. The Labute approximate surface area is 61.3 Å². The van der Waals surface area contributed by atoms with Crippen LogP contribution in [0.5, 0.6) is 0 Å². The molecule has 10 heavy (non-hydrogen) atoms. The van der Waals surface area contributed by atoms with Gasteiger partial charge in [0, 0.05) is 7.05 Å². The van der Waals surface area contributed by atoms with Crippen LogP contribution in [0.25, 0.3) is 0 Å². The van der Waals surface area contributed by atoms with Gasteiger partial charge in [0.25, 0.3) is 0 Å². The van der Waals surface area contributed by atoms with Gasteiger partial charge in [-0.2, -0.15) is 0 Å². The molecule has 1 N–H and O–H groups in total. The van der Waals surface area contributed by atoms with Gasteiger partial charge in [-0.15, -0.1) is 6.58 Å². The normalized spacial score (nSPS) is 36.8. The van der Waals surface area contributed by atoms with Crippen LogP contribution < -0.4 is 5.32 Å². The van der Waals surface area contributed by atoms with Crippen molar-refractivity contribution in [2.24, 2.45) is 11.3 Å². The van der Waals surface area contributed by atoms with Crippen molar-refractivity contribution in [1.82, 2.24) is 5.32 Å². The number of carbonyl (C=O) groups excluding carboxylic acids is 1. The van der Waals surface area contributed by atoms with E-state index in [1.165, 1.54) is 0 Å². The molecule has 0 unspecified atom stereocenters. The van der Waals surface area contributed by atoms with Crippen molar-refractivity contribution < 1.29 is 4.79 Å². The lowest BCUT2D eigenvalue weighted by atomic mass is 10.1. The van der Waals surface area contributed by atoms with E-state index in [1.807, 2.05) is 13.0 Å². The fourth-order valence-corrected chi connectivity index (χ4v) is 1.29. The van der Waals surface area contributed by atoms with Crippen LogP contribution in [0, 0.1) is 11.3 Å². The minimum Gasteiger partial charge on any atom is -0.359 e. The smallest absolute Gasteiger partial charge is 0.226 e. The number of hydrogen-bond acceptors (Lipinski definition) is 1. The van der Waals surface area contributed by atoms with Crippen LogP contribution in [-0.4, -0.2) is 13.0 Å². The predicted octanol–water partition coefficient (Wildman–Crippen LogP) is 0.945. The molecule has 1 aliphatic carbocycles. The van der Waals surface area contributed by atoms with Crippen molar-refractivity contribution in [3.63, 3.8) is 0 Å². The molecule has 0 saturated heterocycles. The molecular weight excluding hydrogens is 126 g/mol. The minimum absolute atomic E-state index is 0.136. The summed E-state index contributed by atoms with van der Waals surface area (Å²) in [6, 6.07) is 0. The maximum absolute atomic E-state index is 11.1. The van der Waals surface area contributed by atoms with Gasteiger partial charge in [-0.3, -0.25) is 4.79 Å². The summed E-state index contributed by atoms with van der Waals surface area (Å²) in [5.41, 5.74) is -0.142. The third-order valence-electron chi connectivity index (χ3n) is 2.33. The van der Waals surface area contributed by atoms with Crippen molar-refractivity contribution in [1.29, 1.82) is 0 Å². The van der Waals surface area contributed by atoms with Crippen LogP contribution in [0.3, 0.4) is 0 Å². The van der Waals surface area contributed by atoms with Gasteiger partial charge in [0.2, 0.25) is 5.91 Å². The summed E-state index contributed by atoms with van der Waals surface area (Å²) in [5.74, 6) is 0.532. The van der Waals surface area contributed by atoms with Gasteiger partial charge in [-0.1, -0.05) is 13.0 Å². The quantitative estimate of drug-likeness (QED) is 0.567. The van der Waals surface area contributed by atoms with E-state index < -0.39 is 0 Å². The maximum atomic E-state index is 11.1. The van der Waals surface area contributed by atoms with E-state index in [1.54, 1.807) is 7.05 Å². The van der Waals surface area contributed by atoms with Crippen molar-refractivity contribution >= 4 is 5.91 Å². The van der Waals surface area contributed by atoms with Gasteiger partial charge in [-0.25, -0.2) is 0 Å². The number of allylic oxidation sites excluding steroid dienone is 1. The first-order valence-electron chi connectivity index (χ1n) is 3.50. The Morgan fingerprint density at radius 2 is 2.50 bits per heavy atom. The molecule has 2 nitrogen and oxygen atoms in total. The summed E-state index contributed by atoms with van der Waals surface area (Å²) < 4.78 is 0. The van der Waals surface area contributed by atoms with Crippen molar-refractivity contribution in [3.05, 3.63) is 12.7 Å². The first kappa shape index (κ1) is 7.32. The van der Waals surface area contributed by atoms with Gasteiger partial charge in [-0.05, 0) is 12.3 Å². The third-order valence-corrected chi connectivity index (χ3v) is 2.33. The second kappa shape index (κ2) is 2.11. The molecule has 0 aromatic heterocycles. The van der Waals surface area contributed by atoms with Crippen LogP contribution in [0.15, 0.2) is 12.7 Å². The molecule has 2 atom stereocenters. The molecule has 2 heteroatoms. The topological polar surface area (TPSA) is 29.1 Å². The fraction of sp³-hybridized carbons (Fsp3) is 0.625. The molecule has 0 bridgehead atoms. The SMILES string of the molecule is C=C[C@@H]1C[C@]1(C)C(=O)NC. The summed E-state index contributed by atoms with van der Waals surface area (Å²) in [6.07, 6.45) is 2.81. The lowest BCUT2D eigenvalue weighted by Gasteiger charge is -2.05. The Kier molecular flexibility index (Phi) is 1.55. The lowest BCUT2D eigenvalue weighted by Crippen LogP contribution is -2.27. The van der Waals surface area contributed by atoms with Gasteiger partial charge in [0.05, 0.1) is 5.41 Å². The van der Waals surface area contributed by atoms with Crippen LogP contribution in [0.2, 0.25) is 0 Å². The lowest BCUT2D eigenvalue weighted by molar-refractivity contribution is -0.125. The van der Waals surface area contributed by atoms with Crippen molar-refractivity contribution in [2.75, 3.05) is 7.05 Å². The fourth-order valence-electron chi connectivity index (χ4n) is 1.29. The molecule has 0 aromatic carbocycles. The maximum Gasteiger partial charge on any atom is 0.226 e. The molecule has 0 heterocycles. The van der Waals surface area contributed by atoms with E-state index in [9.17, 15) is 4.79 Å². The zero-order valence-electron chi connectivity index (χ0n) is 6.48. The Bertz CT molecular complexity index is 176. The number of nitrogens with one attached hydrogen (secondary N) is 1. The van der Waals surface area contributed by atoms with E-state index in [4.69, 9.17) is 0 Å². The Morgan fingerprint density at radius 1 is 1.90 bits per heavy atom. The Hall–Kier alpha value is -0.790. The van der Waals surface area contributed by atoms with Crippen molar-refractivity contribution in [3.8, 4) is 0 Å². The standard InChI is InChI=1S/C8H13NO/c1-4-6-5-8(6,2)7(10)9-3/h4,6H,1,5H2,2-3H3,(H,9,10)/t6-,8+/m1/s1. The largest absolute Gasteiger partial charge is 0.359 e. The van der Waals surface area contributed by atoms with E-state index in [2.05, 4.69) is 11.9 Å². The summed E-state index contributed by atoms with van der Waals surface area (Å²) in [5, 5.41) is 2.64. The van der Waals surface area contributed by atoms with Crippen LogP contribution in [0.1, 0.15) is 13.3 Å². The highest BCUT2D eigenvalue weighted by Crippen LogP contribution is 2.52. The number of carbonyl (C=O) groups is 1. The predicted molar refractivity (Wildman–Crippen MR) is 40.5 cm³/mol. The van der Waals surface area contributed by atoms with Gasteiger partial charge < -0.3 is 5.32 Å². The van der Waals surface area contributed by atoms with Crippen molar-refractivity contribution in [2.45, 2.75) is 13.3 Å². The molecule has 0 spiro atoms. The molecule has 1 amide bonds. The molecule has 0 aliphatic heterocycles. The zero-order valence-corrected chi connectivity index (χ0v) is 6.48. The highest BCUT2D eigenvalue weighted by molar-refractivity contribution is 5.85. The highest BCUT2D eigenvalue weighted by Gasteiger charge is 2.53. The third kappa shape index (κ3) is 0.838. The monoisotopic (exact) mass is 139 g/mol. The van der Waals surface area contributed by atoms with E-state index in [0.717, 1.165) is 6.42 Å². The van der Waals surface area contributed by atoms with Gasteiger partial charge >= 0.3 is 0 Å². The second-order valence-electron chi connectivity index (χ2n) is 3.04. The van der Waals surface area contributed by atoms with E-state index in [0.29, 0.717) is 5.92 Å². The first-order chi connectivity index (χ1) is 4.65. The first-order valence-corrected chi connectivity index (χ1v) is 3.50. The van der Waals surface area contributed by atoms with Gasteiger partial charge in [0.15, 0.2) is 0 Å². The van der Waals surface area contributed by atoms with E-state index >= 15 is 0 Å². The molecule has 56 valence electrons. The number of hydrogen-bond donors (Lipinski definition) is 1. The second-order valence-corrected chi connectivity index (χ2v) is 3.04. The average Bonchev–Trinajstić information content (AvgIpc) is 2.61. The molecule has 0 aromatic rings. The summed E-state index contributed by atoms with van der Waals surface area (Å²) in [7, 11) is 1.67. The Morgan fingerprint density at radius 3 is 2.80 bits per heavy atom. The molecule has 1 fully saturated rings. The summed E-state index contributed by atoms with van der Waals surface area (Å²) >= 11 is 0. The average molecular weight is 139 g/mol. The summed E-state index contributed by atoms with van der Waals surface area (Å²) in [4.78, 5) is 11.1. The van der Waals surface area contributed by atoms with Crippen LogP contribution in [-0.2, 0) is 4.79 Å². The highest BCUT2D eigenvalue weighted by atomic mass is 16.2. The summed E-state index contributed by atoms with van der Waals surface area (Å²) in [6.45, 7) is 5.63. The molecule has 0 radical (unpaired) electrons.